The fourth-order valence-corrected chi connectivity index (χ4v) is 8.35. The highest BCUT2D eigenvalue weighted by molar-refractivity contribution is 7.14. The van der Waals surface area contributed by atoms with E-state index in [0.29, 0.717) is 27.3 Å². The third-order valence-corrected chi connectivity index (χ3v) is 11.0. The Bertz CT molecular complexity index is 1960. The second-order valence-electron chi connectivity index (χ2n) is 12.3. The summed E-state index contributed by atoms with van der Waals surface area (Å²) in [4.78, 5) is 38.6. The fourth-order valence-electron chi connectivity index (χ4n) is 6.71. The molecular formula is C36H34Cl2F3N3O9S. The number of carboxylic acid groups (broad SMARTS) is 2. The number of anilines is 1. The van der Waals surface area contributed by atoms with Crippen molar-refractivity contribution in [1.29, 1.82) is 0 Å². The van der Waals surface area contributed by atoms with E-state index in [-0.39, 0.29) is 69.1 Å². The number of carboxylic acids is 1. The topological polar surface area (TPSA) is 153 Å². The minimum Gasteiger partial charge on any atom is -0.619 e. The quantitative estimate of drug-likeness (QED) is 0.0839. The summed E-state index contributed by atoms with van der Waals surface area (Å²) >= 11 is 13.8. The van der Waals surface area contributed by atoms with Crippen molar-refractivity contribution in [2.75, 3.05) is 31.6 Å². The predicted octanol–water partition coefficient (Wildman–Crippen LogP) is 7.45. The standard InChI is InChI=1S/C35H32Cl2F3N3O7S.CH2O2/c1-48-30-12-20(6-7-29(30)49-34(39)40)22(14-24-25(36)16-42(47)17-26(24)37)23-13-21(51-32(23)33(44)45)15-43(28-5-3-2-4-27(28)38)35(46)50-31-18-41-10-8-19(31)9-11-41;2-1-3/h2-7,12-13,16-17,19,22,31,34H,8-11,14-15,18H2,1H3,(H,44,45);1H,(H,2,3)/t22-,31-;/m0./s1. The first kappa shape index (κ1) is 40.4. The van der Waals surface area contributed by atoms with Gasteiger partial charge in [0.25, 0.3) is 6.47 Å². The summed E-state index contributed by atoms with van der Waals surface area (Å²) in [7, 11) is 1.27. The number of alkyl halides is 2. The zero-order valence-electron chi connectivity index (χ0n) is 28.5. The molecule has 0 aliphatic carbocycles. The molecule has 4 aromatic rings. The molecule has 2 bridgehead atoms. The van der Waals surface area contributed by atoms with Crippen LogP contribution >= 0.6 is 34.5 Å². The average molecular weight is 813 g/mol. The van der Waals surface area contributed by atoms with E-state index >= 15 is 4.39 Å². The Morgan fingerprint density at radius 2 is 1.78 bits per heavy atom. The molecule has 288 valence electrons. The molecule has 0 saturated carbocycles. The summed E-state index contributed by atoms with van der Waals surface area (Å²) in [5, 5.41) is 29.4. The van der Waals surface area contributed by atoms with E-state index in [1.165, 1.54) is 43.5 Å². The van der Waals surface area contributed by atoms with Gasteiger partial charge in [-0.25, -0.2) is 14.0 Å². The van der Waals surface area contributed by atoms with Gasteiger partial charge in [-0.15, -0.1) is 11.3 Å². The van der Waals surface area contributed by atoms with Crippen molar-refractivity contribution in [2.45, 2.75) is 44.4 Å². The van der Waals surface area contributed by atoms with Gasteiger partial charge in [0, 0.05) is 22.9 Å². The molecular weight excluding hydrogens is 778 g/mol. The molecule has 3 fully saturated rings. The van der Waals surface area contributed by atoms with Crippen molar-refractivity contribution in [3.63, 3.8) is 0 Å². The second-order valence-corrected chi connectivity index (χ2v) is 14.3. The minimum absolute atomic E-state index is 0.0145. The van der Waals surface area contributed by atoms with Crippen LogP contribution in [0.25, 0.3) is 0 Å². The Labute approximate surface area is 321 Å². The van der Waals surface area contributed by atoms with Crippen LogP contribution in [0.2, 0.25) is 10.0 Å². The summed E-state index contributed by atoms with van der Waals surface area (Å²) in [5.74, 6) is -2.91. The van der Waals surface area contributed by atoms with Crippen LogP contribution in [-0.2, 0) is 22.5 Å². The number of carbonyl (C=O) groups excluding carboxylic acids is 1. The summed E-state index contributed by atoms with van der Waals surface area (Å²) in [6, 6.07) is 11.5. The molecule has 5 heterocycles. The number of thiophene rings is 1. The van der Waals surface area contributed by atoms with Crippen LogP contribution in [0.15, 0.2) is 60.9 Å². The molecule has 2 aromatic carbocycles. The first-order valence-electron chi connectivity index (χ1n) is 16.4. The Balaban J connectivity index is 0.00000181. The van der Waals surface area contributed by atoms with Gasteiger partial charge in [-0.1, -0.05) is 41.4 Å². The van der Waals surface area contributed by atoms with Crippen LogP contribution in [-0.4, -0.2) is 73.1 Å². The Morgan fingerprint density at radius 1 is 1.11 bits per heavy atom. The van der Waals surface area contributed by atoms with E-state index < -0.39 is 30.4 Å². The van der Waals surface area contributed by atoms with Gasteiger partial charge in [0.05, 0.1) is 19.3 Å². The first-order chi connectivity index (χ1) is 25.8. The summed E-state index contributed by atoms with van der Waals surface area (Å²) < 4.78 is 57.8. The fraction of sp³-hybridized carbons (Fsp3) is 0.333. The zero-order chi connectivity index (χ0) is 39.1. The average Bonchev–Trinajstić information content (AvgIpc) is 3.55. The van der Waals surface area contributed by atoms with Crippen molar-refractivity contribution in [3.05, 3.63) is 108 Å². The van der Waals surface area contributed by atoms with Crippen molar-refractivity contribution in [2.24, 2.45) is 5.92 Å². The maximum Gasteiger partial charge on any atom is 0.415 e. The van der Waals surface area contributed by atoms with Gasteiger partial charge >= 0.3 is 18.7 Å². The lowest BCUT2D eigenvalue weighted by molar-refractivity contribution is -0.605. The number of amides is 1. The highest BCUT2D eigenvalue weighted by Crippen LogP contribution is 2.42. The zero-order valence-corrected chi connectivity index (χ0v) is 30.8. The largest absolute Gasteiger partial charge is 0.619 e. The highest BCUT2D eigenvalue weighted by atomic mass is 35.5. The number of benzene rings is 2. The molecule has 0 unspecified atom stereocenters. The third kappa shape index (κ3) is 9.47. The number of fused-ring (bicyclic) bond motifs is 3. The highest BCUT2D eigenvalue weighted by Gasteiger charge is 2.38. The Morgan fingerprint density at radius 3 is 2.35 bits per heavy atom. The molecule has 0 spiro atoms. The maximum absolute atomic E-state index is 15.3. The molecule has 3 aliphatic rings. The number of pyridine rings is 1. The van der Waals surface area contributed by atoms with Gasteiger partial charge in [-0.3, -0.25) is 14.6 Å². The maximum atomic E-state index is 15.3. The van der Waals surface area contributed by atoms with Crippen LogP contribution in [0.1, 0.15) is 50.0 Å². The van der Waals surface area contributed by atoms with Crippen LogP contribution in [0, 0.1) is 16.9 Å². The molecule has 12 nitrogen and oxygen atoms in total. The Kier molecular flexibility index (Phi) is 13.5. The molecule has 2 N–H and O–H groups in total. The lowest BCUT2D eigenvalue weighted by atomic mass is 9.85. The van der Waals surface area contributed by atoms with Crippen molar-refractivity contribution < 1.29 is 56.7 Å². The second kappa shape index (κ2) is 18.0. The number of piperidine rings is 3. The van der Waals surface area contributed by atoms with Gasteiger partial charge in [0.15, 0.2) is 23.9 Å². The number of ether oxygens (including phenoxy) is 3. The van der Waals surface area contributed by atoms with E-state index in [1.54, 1.807) is 12.1 Å². The Hall–Kier alpha value is -4.77. The van der Waals surface area contributed by atoms with Crippen LogP contribution in [0.4, 0.5) is 23.7 Å². The number of hydrogen-bond acceptors (Lipinski definition) is 9. The lowest BCUT2D eigenvalue weighted by Gasteiger charge is -2.44. The smallest absolute Gasteiger partial charge is 0.415 e. The molecule has 3 saturated heterocycles. The third-order valence-electron chi connectivity index (χ3n) is 9.18. The van der Waals surface area contributed by atoms with Gasteiger partial charge in [-0.2, -0.15) is 13.5 Å². The van der Waals surface area contributed by atoms with Crippen LogP contribution in [0.3, 0.4) is 0 Å². The van der Waals surface area contributed by atoms with Gasteiger partial charge < -0.3 is 29.6 Å². The summed E-state index contributed by atoms with van der Waals surface area (Å²) in [6.45, 7) is -1.17. The molecule has 7 rings (SSSR count). The summed E-state index contributed by atoms with van der Waals surface area (Å²) in [6.07, 6.45) is 2.81. The number of nitrogens with zero attached hydrogens (tertiary/aromatic N) is 3. The number of para-hydroxylation sites is 1. The number of aromatic carboxylic acids is 1. The predicted molar refractivity (Wildman–Crippen MR) is 193 cm³/mol. The van der Waals surface area contributed by atoms with Crippen molar-refractivity contribution in [1.82, 2.24) is 4.90 Å². The number of carbonyl (C=O) groups is 3. The van der Waals surface area contributed by atoms with E-state index in [1.807, 2.05) is 0 Å². The molecule has 2 aromatic heterocycles. The molecule has 3 aliphatic heterocycles. The molecule has 54 heavy (non-hydrogen) atoms. The molecule has 0 radical (unpaired) electrons. The van der Waals surface area contributed by atoms with Gasteiger partial charge in [-0.05, 0) is 79.7 Å². The molecule has 18 heteroatoms. The molecule has 1 amide bonds. The molecule has 2 atom stereocenters. The number of aromatic nitrogens is 1. The van der Waals surface area contributed by atoms with E-state index in [2.05, 4.69) is 9.64 Å². The van der Waals surface area contributed by atoms with Crippen LogP contribution in [0.5, 0.6) is 11.5 Å². The van der Waals surface area contributed by atoms with Crippen LogP contribution < -0.4 is 19.1 Å². The summed E-state index contributed by atoms with van der Waals surface area (Å²) in [5.41, 5.74) is 0.956. The lowest BCUT2D eigenvalue weighted by Crippen LogP contribution is -2.53. The number of halogens is 5. The minimum atomic E-state index is -3.13. The van der Waals surface area contributed by atoms with E-state index in [9.17, 15) is 28.7 Å². The van der Waals surface area contributed by atoms with Crippen molar-refractivity contribution in [3.8, 4) is 11.5 Å². The van der Waals surface area contributed by atoms with Crippen molar-refractivity contribution >= 4 is 58.8 Å². The monoisotopic (exact) mass is 811 g/mol. The number of rotatable bonds is 12. The van der Waals surface area contributed by atoms with E-state index in [4.69, 9.17) is 42.6 Å². The van der Waals surface area contributed by atoms with Gasteiger partial charge in [0.2, 0.25) is 0 Å². The number of hydrogen-bond donors (Lipinski definition) is 2. The SMILES string of the molecule is COc1cc([C@H](Cc2c(Cl)c[n+]([O-])cc2Cl)c2cc(CN(C(=O)O[C@H]3CN4CCC3CC4)c3ccccc3F)sc2C(=O)O)ccc1OC(F)F.O=CO. The van der Waals surface area contributed by atoms with Gasteiger partial charge in [0.1, 0.15) is 26.8 Å². The first-order valence-corrected chi connectivity index (χ1v) is 18.0. The normalized spacial score (nSPS) is 17.9. The van der Waals surface area contributed by atoms with E-state index in [0.717, 1.165) is 54.6 Å². The number of methoxy groups -OCH3 is 1.